The summed E-state index contributed by atoms with van der Waals surface area (Å²) in [6, 6.07) is 13.5. The van der Waals surface area contributed by atoms with Crippen molar-refractivity contribution in [1.29, 1.82) is 5.26 Å². The van der Waals surface area contributed by atoms with E-state index in [1.807, 2.05) is 6.07 Å². The first-order valence-electron chi connectivity index (χ1n) is 6.94. The number of hydrazone groups is 1. The van der Waals surface area contributed by atoms with Gasteiger partial charge in [0.05, 0.1) is 27.9 Å². The van der Waals surface area contributed by atoms with E-state index in [-0.39, 0.29) is 0 Å². The highest BCUT2D eigenvalue weighted by Crippen LogP contribution is 2.21. The van der Waals surface area contributed by atoms with Gasteiger partial charge in [-0.2, -0.15) is 10.4 Å². The van der Waals surface area contributed by atoms with Gasteiger partial charge in [-0.3, -0.25) is 4.79 Å². The Bertz CT molecular complexity index is 798. The molecule has 0 unspecified atom stereocenters. The molecule has 0 fully saturated rings. The summed E-state index contributed by atoms with van der Waals surface area (Å²) in [5.41, 5.74) is 3.60. The third-order valence-electron chi connectivity index (χ3n) is 3.00. The van der Waals surface area contributed by atoms with Crippen molar-refractivity contribution in [3.8, 4) is 11.8 Å². The van der Waals surface area contributed by atoms with Crippen molar-refractivity contribution in [2.75, 3.05) is 0 Å². The van der Waals surface area contributed by atoms with Crippen LogP contribution in [0.1, 0.15) is 18.1 Å². The molecule has 122 valence electrons. The van der Waals surface area contributed by atoms with E-state index in [1.165, 1.54) is 6.21 Å². The molecule has 0 aromatic heterocycles. The maximum atomic E-state index is 11.9. The molecule has 0 aliphatic heterocycles. The van der Waals surface area contributed by atoms with Gasteiger partial charge in [-0.1, -0.05) is 29.3 Å². The largest absolute Gasteiger partial charge is 0.481 e. The average molecular weight is 362 g/mol. The van der Waals surface area contributed by atoms with Crippen LogP contribution in [-0.2, 0) is 4.79 Å². The highest BCUT2D eigenvalue weighted by molar-refractivity contribution is 6.42. The zero-order valence-electron chi connectivity index (χ0n) is 12.7. The molecule has 0 radical (unpaired) electrons. The summed E-state index contributed by atoms with van der Waals surface area (Å²) in [5.74, 6) is 0.0841. The van der Waals surface area contributed by atoms with Crippen molar-refractivity contribution >= 4 is 35.3 Å². The van der Waals surface area contributed by atoms with Crippen molar-refractivity contribution in [1.82, 2.24) is 5.43 Å². The van der Waals surface area contributed by atoms with Gasteiger partial charge in [-0.05, 0) is 48.9 Å². The van der Waals surface area contributed by atoms with Crippen LogP contribution in [0.4, 0.5) is 0 Å². The van der Waals surface area contributed by atoms with E-state index in [9.17, 15) is 4.79 Å². The highest BCUT2D eigenvalue weighted by atomic mass is 35.5. The fraction of sp³-hybridized carbons (Fsp3) is 0.118. The van der Waals surface area contributed by atoms with Crippen LogP contribution in [0.3, 0.4) is 0 Å². The summed E-state index contributed by atoms with van der Waals surface area (Å²) < 4.78 is 5.48. The van der Waals surface area contributed by atoms with E-state index < -0.39 is 12.0 Å². The summed E-state index contributed by atoms with van der Waals surface area (Å²) >= 11 is 11.7. The van der Waals surface area contributed by atoms with Gasteiger partial charge in [0.25, 0.3) is 5.91 Å². The minimum absolute atomic E-state index is 0.407. The maximum Gasteiger partial charge on any atom is 0.280 e. The summed E-state index contributed by atoms with van der Waals surface area (Å²) in [6.45, 7) is 1.60. The predicted octanol–water partition coefficient (Wildman–Crippen LogP) is 3.78. The van der Waals surface area contributed by atoms with Crippen molar-refractivity contribution in [2.45, 2.75) is 13.0 Å². The Morgan fingerprint density at radius 2 is 1.96 bits per heavy atom. The minimum Gasteiger partial charge on any atom is -0.481 e. The molecule has 2 aromatic rings. The van der Waals surface area contributed by atoms with Crippen LogP contribution < -0.4 is 10.2 Å². The molecule has 0 aliphatic carbocycles. The lowest BCUT2D eigenvalue weighted by Gasteiger charge is -2.12. The lowest BCUT2D eigenvalue weighted by Crippen LogP contribution is -2.33. The molecular formula is C17H13Cl2N3O2. The van der Waals surface area contributed by atoms with Gasteiger partial charge in [-0.15, -0.1) is 0 Å². The third kappa shape index (κ3) is 4.98. The SMILES string of the molecule is C[C@H](Oc1ccc(C#N)cc1)C(=O)NN=Cc1ccc(Cl)c(Cl)c1. The van der Waals surface area contributed by atoms with Gasteiger partial charge in [0.15, 0.2) is 6.10 Å². The van der Waals surface area contributed by atoms with Gasteiger partial charge in [0.1, 0.15) is 5.75 Å². The molecule has 0 aliphatic rings. The van der Waals surface area contributed by atoms with Gasteiger partial charge >= 0.3 is 0 Å². The first-order chi connectivity index (χ1) is 11.5. The van der Waals surface area contributed by atoms with Crippen LogP contribution in [0, 0.1) is 11.3 Å². The number of halogens is 2. The van der Waals surface area contributed by atoms with Gasteiger partial charge in [0, 0.05) is 0 Å². The van der Waals surface area contributed by atoms with E-state index >= 15 is 0 Å². The number of nitriles is 1. The zero-order chi connectivity index (χ0) is 17.5. The summed E-state index contributed by atoms with van der Waals surface area (Å²) in [7, 11) is 0. The van der Waals surface area contributed by atoms with Crippen molar-refractivity contribution < 1.29 is 9.53 Å². The van der Waals surface area contributed by atoms with Gasteiger partial charge in [-0.25, -0.2) is 5.43 Å². The lowest BCUT2D eigenvalue weighted by molar-refractivity contribution is -0.127. The molecular weight excluding hydrogens is 349 g/mol. The first-order valence-corrected chi connectivity index (χ1v) is 7.70. The number of amides is 1. The Labute approximate surface area is 149 Å². The first kappa shape index (κ1) is 17.8. The molecule has 0 heterocycles. The van der Waals surface area contributed by atoms with Crippen LogP contribution in [0.5, 0.6) is 5.75 Å². The predicted molar refractivity (Wildman–Crippen MR) is 93.4 cm³/mol. The number of nitrogens with one attached hydrogen (secondary N) is 1. The molecule has 1 amide bonds. The molecule has 1 N–H and O–H groups in total. The molecule has 7 heteroatoms. The van der Waals surface area contributed by atoms with E-state index in [2.05, 4.69) is 10.5 Å². The maximum absolute atomic E-state index is 11.9. The number of rotatable bonds is 5. The van der Waals surface area contributed by atoms with E-state index in [4.69, 9.17) is 33.2 Å². The van der Waals surface area contributed by atoms with Gasteiger partial charge < -0.3 is 4.74 Å². The number of benzene rings is 2. The fourth-order valence-corrected chi connectivity index (χ4v) is 2.03. The molecule has 1 atom stereocenters. The number of nitrogens with zero attached hydrogens (tertiary/aromatic N) is 2. The Hall–Kier alpha value is -2.55. The number of hydrogen-bond acceptors (Lipinski definition) is 4. The van der Waals surface area contributed by atoms with Gasteiger partial charge in [0.2, 0.25) is 0 Å². The summed E-state index contributed by atoms with van der Waals surface area (Å²) in [4.78, 5) is 11.9. The normalized spacial score (nSPS) is 11.8. The second kappa shape index (κ2) is 8.34. The number of carbonyl (C=O) groups excluding carboxylic acids is 1. The lowest BCUT2D eigenvalue weighted by atomic mass is 10.2. The number of hydrogen-bond donors (Lipinski definition) is 1. The number of ether oxygens (including phenoxy) is 1. The Balaban J connectivity index is 1.89. The molecule has 2 rings (SSSR count). The van der Waals surface area contributed by atoms with Crippen molar-refractivity contribution in [3.05, 3.63) is 63.6 Å². The molecule has 0 bridgehead atoms. The van der Waals surface area contributed by atoms with Crippen LogP contribution in [0.25, 0.3) is 0 Å². The topological polar surface area (TPSA) is 74.5 Å². The Morgan fingerprint density at radius 3 is 2.58 bits per heavy atom. The van der Waals surface area contributed by atoms with Crippen molar-refractivity contribution in [3.63, 3.8) is 0 Å². The van der Waals surface area contributed by atoms with E-state index in [0.29, 0.717) is 26.9 Å². The average Bonchev–Trinajstić information content (AvgIpc) is 2.58. The Morgan fingerprint density at radius 1 is 1.25 bits per heavy atom. The monoisotopic (exact) mass is 361 g/mol. The summed E-state index contributed by atoms with van der Waals surface area (Å²) in [5, 5.41) is 13.4. The van der Waals surface area contributed by atoms with Crippen LogP contribution in [0.15, 0.2) is 47.6 Å². The summed E-state index contributed by atoms with van der Waals surface area (Å²) in [6.07, 6.45) is 0.707. The second-order valence-electron chi connectivity index (χ2n) is 4.80. The fourth-order valence-electron chi connectivity index (χ4n) is 1.72. The van der Waals surface area contributed by atoms with Crippen molar-refractivity contribution in [2.24, 2.45) is 5.10 Å². The number of carbonyl (C=O) groups is 1. The smallest absolute Gasteiger partial charge is 0.280 e. The third-order valence-corrected chi connectivity index (χ3v) is 3.74. The molecule has 0 saturated heterocycles. The van der Waals surface area contributed by atoms with Crippen LogP contribution in [-0.4, -0.2) is 18.2 Å². The van der Waals surface area contributed by atoms with Crippen LogP contribution in [0.2, 0.25) is 10.0 Å². The molecule has 0 saturated carbocycles. The highest BCUT2D eigenvalue weighted by Gasteiger charge is 2.13. The van der Waals surface area contributed by atoms with E-state index in [0.717, 1.165) is 0 Å². The molecule has 2 aromatic carbocycles. The minimum atomic E-state index is -0.746. The zero-order valence-corrected chi connectivity index (χ0v) is 14.2. The standard InChI is InChI=1S/C17H13Cl2N3O2/c1-11(24-14-5-2-12(9-20)3-6-14)17(23)22-21-10-13-4-7-15(18)16(19)8-13/h2-8,10-11H,1H3,(H,22,23)/t11-/m0/s1. The Kier molecular flexibility index (Phi) is 6.19. The molecule has 0 spiro atoms. The quantitative estimate of drug-likeness (QED) is 0.650. The van der Waals surface area contributed by atoms with Crippen LogP contribution >= 0.6 is 23.2 Å². The molecule has 24 heavy (non-hydrogen) atoms. The van der Waals surface area contributed by atoms with E-state index in [1.54, 1.807) is 49.4 Å². The second-order valence-corrected chi connectivity index (χ2v) is 5.62. The molecule has 5 nitrogen and oxygen atoms in total.